The third-order valence-electron chi connectivity index (χ3n) is 4.47. The number of ether oxygens (including phenoxy) is 1. The lowest BCUT2D eigenvalue weighted by atomic mass is 10.1. The standard InChI is InChI=1S/C21H23FN4O2/c1-26-14-13-23-20(26)19(17-5-3-4-6-18(17)22)25-21(27)24-12-11-15-7-9-16(28-2)10-8-15/h3-10,13-14,19H,11-12H2,1-2H3,(H2,24,25,27)/t19-/m0/s1. The van der Waals surface area contributed by atoms with E-state index in [-0.39, 0.29) is 6.03 Å². The number of benzene rings is 2. The van der Waals surface area contributed by atoms with Crippen LogP contribution >= 0.6 is 0 Å². The Kier molecular flexibility index (Phi) is 6.26. The second kappa shape index (κ2) is 9.03. The molecule has 0 aliphatic heterocycles. The summed E-state index contributed by atoms with van der Waals surface area (Å²) in [6, 6.07) is 13.0. The monoisotopic (exact) mass is 382 g/mol. The predicted molar refractivity (Wildman–Crippen MR) is 105 cm³/mol. The number of aromatic nitrogens is 2. The molecule has 28 heavy (non-hydrogen) atoms. The first kappa shape index (κ1) is 19.4. The first-order chi connectivity index (χ1) is 13.6. The number of halogens is 1. The second-order valence-electron chi connectivity index (χ2n) is 6.35. The van der Waals surface area contributed by atoms with Crippen LogP contribution in [0.5, 0.6) is 5.75 Å². The van der Waals surface area contributed by atoms with Crippen molar-refractivity contribution in [1.29, 1.82) is 0 Å². The van der Waals surface area contributed by atoms with Gasteiger partial charge in [-0.1, -0.05) is 30.3 Å². The van der Waals surface area contributed by atoms with Crippen LogP contribution in [-0.2, 0) is 13.5 Å². The van der Waals surface area contributed by atoms with Crippen molar-refractivity contribution in [3.05, 3.63) is 83.7 Å². The normalized spacial score (nSPS) is 11.7. The molecule has 0 aliphatic carbocycles. The molecule has 0 saturated heterocycles. The highest BCUT2D eigenvalue weighted by Gasteiger charge is 2.23. The Morgan fingerprint density at radius 1 is 1.21 bits per heavy atom. The Labute approximate surface area is 163 Å². The molecule has 1 atom stereocenters. The maximum atomic E-state index is 14.3. The molecule has 1 heterocycles. The summed E-state index contributed by atoms with van der Waals surface area (Å²) in [5.74, 6) is 0.946. The Hall–Kier alpha value is -3.35. The zero-order chi connectivity index (χ0) is 19.9. The molecule has 2 N–H and O–H groups in total. The summed E-state index contributed by atoms with van der Waals surface area (Å²) >= 11 is 0. The van der Waals surface area contributed by atoms with Crippen LogP contribution in [0.15, 0.2) is 60.9 Å². The van der Waals surface area contributed by atoms with Crippen LogP contribution in [-0.4, -0.2) is 29.2 Å². The number of rotatable bonds is 7. The van der Waals surface area contributed by atoms with Crippen molar-refractivity contribution in [2.75, 3.05) is 13.7 Å². The molecule has 6 nitrogen and oxygen atoms in total. The lowest BCUT2D eigenvalue weighted by Crippen LogP contribution is -2.40. The molecular formula is C21H23FN4O2. The quantitative estimate of drug-likeness (QED) is 0.659. The molecule has 1 aromatic heterocycles. The number of amides is 2. The van der Waals surface area contributed by atoms with E-state index in [9.17, 15) is 9.18 Å². The number of carbonyl (C=O) groups excluding carboxylic acids is 1. The number of hydrogen-bond acceptors (Lipinski definition) is 3. The molecule has 3 aromatic rings. The van der Waals surface area contributed by atoms with Gasteiger partial charge in [0.25, 0.3) is 0 Å². The van der Waals surface area contributed by atoms with Crippen LogP contribution in [0.4, 0.5) is 9.18 Å². The largest absolute Gasteiger partial charge is 0.497 e. The van der Waals surface area contributed by atoms with Gasteiger partial charge in [0, 0.05) is 31.5 Å². The van der Waals surface area contributed by atoms with E-state index in [1.54, 1.807) is 49.3 Å². The van der Waals surface area contributed by atoms with Gasteiger partial charge in [-0.25, -0.2) is 14.2 Å². The van der Waals surface area contributed by atoms with Gasteiger partial charge >= 0.3 is 6.03 Å². The minimum atomic E-state index is -0.692. The molecule has 0 spiro atoms. The number of hydrogen-bond donors (Lipinski definition) is 2. The van der Waals surface area contributed by atoms with E-state index in [1.165, 1.54) is 6.07 Å². The summed E-state index contributed by atoms with van der Waals surface area (Å²) in [4.78, 5) is 16.7. The maximum Gasteiger partial charge on any atom is 0.315 e. The van der Waals surface area contributed by atoms with E-state index in [0.717, 1.165) is 11.3 Å². The van der Waals surface area contributed by atoms with Crippen LogP contribution in [0.2, 0.25) is 0 Å². The third-order valence-corrected chi connectivity index (χ3v) is 4.47. The fourth-order valence-electron chi connectivity index (χ4n) is 2.94. The Balaban J connectivity index is 1.64. The van der Waals surface area contributed by atoms with Gasteiger partial charge in [0.2, 0.25) is 0 Å². The fraction of sp³-hybridized carbons (Fsp3) is 0.238. The van der Waals surface area contributed by atoms with Crippen molar-refractivity contribution in [2.45, 2.75) is 12.5 Å². The van der Waals surface area contributed by atoms with Gasteiger partial charge in [-0.15, -0.1) is 0 Å². The van der Waals surface area contributed by atoms with Crippen LogP contribution in [0.3, 0.4) is 0 Å². The summed E-state index contributed by atoms with van der Waals surface area (Å²) in [7, 11) is 3.42. The minimum Gasteiger partial charge on any atom is -0.497 e. The highest BCUT2D eigenvalue weighted by atomic mass is 19.1. The van der Waals surface area contributed by atoms with E-state index < -0.39 is 11.9 Å². The summed E-state index contributed by atoms with van der Waals surface area (Å²) in [6.07, 6.45) is 4.04. The van der Waals surface area contributed by atoms with E-state index in [4.69, 9.17) is 4.74 Å². The highest BCUT2D eigenvalue weighted by molar-refractivity contribution is 5.74. The number of imidazole rings is 1. The first-order valence-corrected chi connectivity index (χ1v) is 8.97. The van der Waals surface area contributed by atoms with E-state index in [0.29, 0.717) is 24.4 Å². The maximum absolute atomic E-state index is 14.3. The average Bonchev–Trinajstić information content (AvgIpc) is 3.13. The predicted octanol–water partition coefficient (Wildman–Crippen LogP) is 3.20. The topological polar surface area (TPSA) is 68.2 Å². The molecule has 7 heteroatoms. The van der Waals surface area contributed by atoms with Crippen LogP contribution < -0.4 is 15.4 Å². The second-order valence-corrected chi connectivity index (χ2v) is 6.35. The van der Waals surface area contributed by atoms with Crippen molar-refractivity contribution in [3.63, 3.8) is 0 Å². The molecule has 2 amide bonds. The van der Waals surface area contributed by atoms with Gasteiger partial charge in [-0.05, 0) is 30.2 Å². The number of urea groups is 1. The summed E-state index contributed by atoms with van der Waals surface area (Å²) < 4.78 is 21.2. The number of methoxy groups -OCH3 is 1. The van der Waals surface area contributed by atoms with Crippen molar-refractivity contribution >= 4 is 6.03 Å². The van der Waals surface area contributed by atoms with Crippen LogP contribution in [0.25, 0.3) is 0 Å². The molecule has 0 aliphatic rings. The third kappa shape index (κ3) is 4.68. The number of carbonyl (C=O) groups is 1. The molecule has 3 rings (SSSR count). The van der Waals surface area contributed by atoms with Crippen LogP contribution in [0.1, 0.15) is 23.0 Å². The zero-order valence-electron chi connectivity index (χ0n) is 15.9. The molecule has 0 radical (unpaired) electrons. The van der Waals surface area contributed by atoms with Gasteiger partial charge in [-0.2, -0.15) is 0 Å². The molecule has 146 valence electrons. The Morgan fingerprint density at radius 2 is 1.96 bits per heavy atom. The van der Waals surface area contributed by atoms with Crippen molar-refractivity contribution < 1.29 is 13.9 Å². The SMILES string of the molecule is COc1ccc(CCNC(=O)N[C@@H](c2ccccc2F)c2nccn2C)cc1. The van der Waals surface area contributed by atoms with Gasteiger partial charge in [-0.3, -0.25) is 0 Å². The smallest absolute Gasteiger partial charge is 0.315 e. The Bertz CT molecular complexity index is 924. The molecule has 2 aromatic carbocycles. The highest BCUT2D eigenvalue weighted by Crippen LogP contribution is 2.22. The minimum absolute atomic E-state index is 0.363. The van der Waals surface area contributed by atoms with Crippen molar-refractivity contribution in [3.8, 4) is 5.75 Å². The summed E-state index contributed by atoms with van der Waals surface area (Å²) in [5, 5.41) is 5.65. The first-order valence-electron chi connectivity index (χ1n) is 8.97. The molecular weight excluding hydrogens is 359 g/mol. The van der Waals surface area contributed by atoms with Gasteiger partial charge in [0.1, 0.15) is 23.4 Å². The zero-order valence-corrected chi connectivity index (χ0v) is 15.9. The lowest BCUT2D eigenvalue weighted by molar-refractivity contribution is 0.238. The van der Waals surface area contributed by atoms with Gasteiger partial charge < -0.3 is 19.9 Å². The van der Waals surface area contributed by atoms with E-state index in [2.05, 4.69) is 15.6 Å². The number of nitrogens with one attached hydrogen (secondary N) is 2. The fourth-order valence-corrected chi connectivity index (χ4v) is 2.94. The molecule has 0 fully saturated rings. The molecule has 0 unspecified atom stereocenters. The molecule has 0 bridgehead atoms. The lowest BCUT2D eigenvalue weighted by Gasteiger charge is -2.20. The summed E-state index contributed by atoms with van der Waals surface area (Å²) in [5.41, 5.74) is 1.44. The van der Waals surface area contributed by atoms with Crippen LogP contribution in [0, 0.1) is 5.82 Å². The van der Waals surface area contributed by atoms with Gasteiger partial charge in [0.05, 0.1) is 7.11 Å². The number of aryl methyl sites for hydroxylation is 1. The van der Waals surface area contributed by atoms with E-state index in [1.807, 2.05) is 24.3 Å². The average molecular weight is 382 g/mol. The van der Waals surface area contributed by atoms with Gasteiger partial charge in [0.15, 0.2) is 0 Å². The Morgan fingerprint density at radius 3 is 2.61 bits per heavy atom. The summed E-state index contributed by atoms with van der Waals surface area (Å²) in [6.45, 7) is 0.447. The molecule has 0 saturated carbocycles. The number of nitrogens with zero attached hydrogens (tertiary/aromatic N) is 2. The van der Waals surface area contributed by atoms with E-state index >= 15 is 0 Å². The van der Waals surface area contributed by atoms with Crippen molar-refractivity contribution in [2.24, 2.45) is 7.05 Å². The van der Waals surface area contributed by atoms with Crippen molar-refractivity contribution in [1.82, 2.24) is 20.2 Å².